The second kappa shape index (κ2) is 4.39. The van der Waals surface area contributed by atoms with E-state index in [0.29, 0.717) is 0 Å². The molecule has 0 spiro atoms. The standard InChI is InChI=1S/C7H13FO2/c1-5(6(2)9)7(10)3-4-8/h5,7,10H,3-4H2,1-2H3. The smallest absolute Gasteiger partial charge is 0.135 e. The molecule has 0 amide bonds. The Bertz CT molecular complexity index is 114. The number of aliphatic hydroxyl groups is 1. The van der Waals surface area contributed by atoms with E-state index in [1.54, 1.807) is 6.92 Å². The van der Waals surface area contributed by atoms with E-state index in [1.807, 2.05) is 0 Å². The van der Waals surface area contributed by atoms with Gasteiger partial charge >= 0.3 is 0 Å². The van der Waals surface area contributed by atoms with Crippen LogP contribution in [-0.4, -0.2) is 23.7 Å². The molecule has 0 fully saturated rings. The van der Waals surface area contributed by atoms with Gasteiger partial charge in [-0.15, -0.1) is 0 Å². The summed E-state index contributed by atoms with van der Waals surface area (Å²) < 4.78 is 11.6. The Morgan fingerprint density at radius 2 is 2.20 bits per heavy atom. The summed E-state index contributed by atoms with van der Waals surface area (Å²) in [5, 5.41) is 9.03. The zero-order chi connectivity index (χ0) is 8.15. The summed E-state index contributed by atoms with van der Waals surface area (Å²) >= 11 is 0. The Labute approximate surface area is 60.1 Å². The molecular weight excluding hydrogens is 135 g/mol. The van der Waals surface area contributed by atoms with Crippen LogP contribution in [0.4, 0.5) is 4.39 Å². The van der Waals surface area contributed by atoms with Gasteiger partial charge in [0, 0.05) is 12.3 Å². The Balaban J connectivity index is 3.69. The lowest BCUT2D eigenvalue weighted by molar-refractivity contribution is -0.123. The molecule has 2 atom stereocenters. The fourth-order valence-corrected chi connectivity index (χ4v) is 0.633. The van der Waals surface area contributed by atoms with Crippen molar-refractivity contribution >= 4 is 5.78 Å². The van der Waals surface area contributed by atoms with E-state index in [0.717, 1.165) is 0 Å². The number of aliphatic hydroxyl groups excluding tert-OH is 1. The average Bonchev–Trinajstić information content (AvgIpc) is 1.87. The van der Waals surface area contributed by atoms with E-state index < -0.39 is 18.7 Å². The largest absolute Gasteiger partial charge is 0.392 e. The first-order chi connectivity index (χ1) is 4.59. The van der Waals surface area contributed by atoms with E-state index in [4.69, 9.17) is 5.11 Å². The highest BCUT2D eigenvalue weighted by molar-refractivity contribution is 5.78. The number of carbonyl (C=O) groups excluding carboxylic acids is 1. The topological polar surface area (TPSA) is 37.3 Å². The number of Topliss-reactive ketones (excluding diaryl/α,β-unsaturated/α-hetero) is 1. The van der Waals surface area contributed by atoms with Crippen molar-refractivity contribution in [2.24, 2.45) is 5.92 Å². The van der Waals surface area contributed by atoms with Crippen LogP contribution in [0.5, 0.6) is 0 Å². The first-order valence-electron chi connectivity index (χ1n) is 3.34. The maximum Gasteiger partial charge on any atom is 0.135 e. The monoisotopic (exact) mass is 148 g/mol. The first-order valence-corrected chi connectivity index (χ1v) is 3.34. The van der Waals surface area contributed by atoms with Crippen LogP contribution in [0.25, 0.3) is 0 Å². The third-order valence-electron chi connectivity index (χ3n) is 1.62. The molecule has 0 saturated heterocycles. The van der Waals surface area contributed by atoms with Crippen LogP contribution in [0.15, 0.2) is 0 Å². The van der Waals surface area contributed by atoms with Gasteiger partial charge in [0.15, 0.2) is 0 Å². The number of alkyl halides is 1. The van der Waals surface area contributed by atoms with Crippen LogP contribution >= 0.6 is 0 Å². The summed E-state index contributed by atoms with van der Waals surface area (Å²) in [6, 6.07) is 0. The highest BCUT2D eigenvalue weighted by Gasteiger charge is 2.17. The number of ketones is 1. The summed E-state index contributed by atoms with van der Waals surface area (Å²) in [6.45, 7) is 2.42. The van der Waals surface area contributed by atoms with Crippen LogP contribution in [-0.2, 0) is 4.79 Å². The molecule has 1 N–H and O–H groups in total. The van der Waals surface area contributed by atoms with Gasteiger partial charge in [0.25, 0.3) is 0 Å². The third-order valence-corrected chi connectivity index (χ3v) is 1.62. The second-order valence-electron chi connectivity index (χ2n) is 2.44. The molecule has 0 aromatic heterocycles. The molecule has 0 aromatic rings. The molecule has 2 nitrogen and oxygen atoms in total. The maximum absolute atomic E-state index is 11.6. The van der Waals surface area contributed by atoms with Gasteiger partial charge in [-0.05, 0) is 6.92 Å². The lowest BCUT2D eigenvalue weighted by Gasteiger charge is -2.13. The van der Waals surface area contributed by atoms with E-state index in [-0.39, 0.29) is 12.2 Å². The van der Waals surface area contributed by atoms with Gasteiger partial charge < -0.3 is 5.11 Å². The van der Waals surface area contributed by atoms with Crippen molar-refractivity contribution in [2.75, 3.05) is 6.67 Å². The SMILES string of the molecule is CC(=O)C(C)C(O)CCF. The zero-order valence-electron chi connectivity index (χ0n) is 6.30. The summed E-state index contributed by atoms with van der Waals surface area (Å²) in [4.78, 5) is 10.6. The predicted octanol–water partition coefficient (Wildman–Crippen LogP) is 0.932. The predicted molar refractivity (Wildman–Crippen MR) is 36.4 cm³/mol. The van der Waals surface area contributed by atoms with Crippen LogP contribution in [0.2, 0.25) is 0 Å². The van der Waals surface area contributed by atoms with Crippen molar-refractivity contribution in [1.82, 2.24) is 0 Å². The van der Waals surface area contributed by atoms with Crippen molar-refractivity contribution in [3.8, 4) is 0 Å². The summed E-state index contributed by atoms with van der Waals surface area (Å²) in [6.07, 6.45) is -0.761. The van der Waals surface area contributed by atoms with Crippen LogP contribution in [0.3, 0.4) is 0 Å². The minimum absolute atomic E-state index is 0.0563. The Hall–Kier alpha value is -0.440. The number of hydrogen-bond donors (Lipinski definition) is 1. The average molecular weight is 148 g/mol. The number of rotatable bonds is 4. The van der Waals surface area contributed by atoms with Crippen molar-refractivity contribution in [3.05, 3.63) is 0 Å². The fourth-order valence-electron chi connectivity index (χ4n) is 0.633. The summed E-state index contributed by atoms with van der Waals surface area (Å²) in [7, 11) is 0. The quantitative estimate of drug-likeness (QED) is 0.644. The summed E-state index contributed by atoms with van der Waals surface area (Å²) in [5.41, 5.74) is 0. The number of carbonyl (C=O) groups is 1. The molecule has 0 aliphatic rings. The Morgan fingerprint density at radius 1 is 1.70 bits per heavy atom. The Kier molecular flexibility index (Phi) is 4.19. The number of halogens is 1. The van der Waals surface area contributed by atoms with Crippen molar-refractivity contribution in [3.63, 3.8) is 0 Å². The van der Waals surface area contributed by atoms with Crippen LogP contribution in [0.1, 0.15) is 20.3 Å². The second-order valence-corrected chi connectivity index (χ2v) is 2.44. The molecule has 3 heteroatoms. The van der Waals surface area contributed by atoms with E-state index >= 15 is 0 Å². The van der Waals surface area contributed by atoms with E-state index in [2.05, 4.69) is 0 Å². The first kappa shape index (κ1) is 9.56. The van der Waals surface area contributed by atoms with Gasteiger partial charge in [0.2, 0.25) is 0 Å². The molecular formula is C7H13FO2. The molecule has 0 aliphatic carbocycles. The molecule has 10 heavy (non-hydrogen) atoms. The van der Waals surface area contributed by atoms with Gasteiger partial charge in [-0.1, -0.05) is 6.92 Å². The zero-order valence-corrected chi connectivity index (χ0v) is 6.30. The van der Waals surface area contributed by atoms with E-state index in [9.17, 15) is 9.18 Å². The minimum Gasteiger partial charge on any atom is -0.392 e. The minimum atomic E-state index is -0.817. The lowest BCUT2D eigenvalue weighted by Crippen LogP contribution is -2.24. The molecule has 0 heterocycles. The molecule has 0 bridgehead atoms. The van der Waals surface area contributed by atoms with Gasteiger partial charge in [0.1, 0.15) is 5.78 Å². The van der Waals surface area contributed by atoms with Crippen molar-refractivity contribution < 1.29 is 14.3 Å². The molecule has 0 rings (SSSR count). The maximum atomic E-state index is 11.6. The Morgan fingerprint density at radius 3 is 2.50 bits per heavy atom. The third kappa shape index (κ3) is 2.92. The van der Waals surface area contributed by atoms with Gasteiger partial charge in [-0.3, -0.25) is 9.18 Å². The van der Waals surface area contributed by atoms with Gasteiger partial charge in [0.05, 0.1) is 12.8 Å². The highest BCUT2D eigenvalue weighted by atomic mass is 19.1. The van der Waals surface area contributed by atoms with E-state index in [1.165, 1.54) is 6.92 Å². The van der Waals surface area contributed by atoms with Crippen molar-refractivity contribution in [2.45, 2.75) is 26.4 Å². The number of hydrogen-bond acceptors (Lipinski definition) is 2. The van der Waals surface area contributed by atoms with Gasteiger partial charge in [-0.2, -0.15) is 0 Å². The molecule has 2 unspecified atom stereocenters. The highest BCUT2D eigenvalue weighted by Crippen LogP contribution is 2.07. The van der Waals surface area contributed by atoms with Crippen molar-refractivity contribution in [1.29, 1.82) is 0 Å². The van der Waals surface area contributed by atoms with Crippen LogP contribution in [0, 0.1) is 5.92 Å². The molecule has 0 radical (unpaired) electrons. The van der Waals surface area contributed by atoms with Gasteiger partial charge in [-0.25, -0.2) is 0 Å². The molecule has 60 valence electrons. The normalized spacial score (nSPS) is 16.4. The molecule has 0 aliphatic heterocycles. The van der Waals surface area contributed by atoms with Crippen LogP contribution < -0.4 is 0 Å². The molecule has 0 aromatic carbocycles. The lowest BCUT2D eigenvalue weighted by atomic mass is 9.99. The molecule has 0 saturated carbocycles. The fraction of sp³-hybridized carbons (Fsp3) is 0.857. The summed E-state index contributed by atoms with van der Waals surface area (Å²) in [5.74, 6) is -0.531.